The standard InChI is InChI=1S/C30H37FN2O6S/c1-20(2)25-8-7-9-26(21(3)4)29(25)32-30(34)33(16-17-37-5)19-22-10-15-27(38-6)28(18-22)39-40(35,36)24-13-11-23(31)12-14-24/h7-15,18,20-21H,16-17,19H2,1-6H3,(H,32,34). The molecule has 0 aromatic heterocycles. The largest absolute Gasteiger partial charge is 0.493 e. The topological polar surface area (TPSA) is 94.2 Å². The number of rotatable bonds is 12. The van der Waals surface area contributed by atoms with Crippen LogP contribution in [0.5, 0.6) is 11.5 Å². The van der Waals surface area contributed by atoms with Crippen LogP contribution in [0, 0.1) is 5.82 Å². The van der Waals surface area contributed by atoms with E-state index in [4.69, 9.17) is 13.7 Å². The van der Waals surface area contributed by atoms with E-state index in [2.05, 4.69) is 33.0 Å². The van der Waals surface area contributed by atoms with Crippen LogP contribution in [0.25, 0.3) is 0 Å². The number of hydrogen-bond acceptors (Lipinski definition) is 6. The molecule has 0 unspecified atom stereocenters. The maximum atomic E-state index is 13.6. The first-order chi connectivity index (χ1) is 19.0. The number of carbonyl (C=O) groups is 1. The highest BCUT2D eigenvalue weighted by Gasteiger charge is 2.23. The van der Waals surface area contributed by atoms with Crippen molar-refractivity contribution in [2.24, 2.45) is 0 Å². The van der Waals surface area contributed by atoms with Gasteiger partial charge in [-0.1, -0.05) is 52.0 Å². The lowest BCUT2D eigenvalue weighted by Gasteiger charge is -2.26. The fourth-order valence-electron chi connectivity index (χ4n) is 4.21. The summed E-state index contributed by atoms with van der Waals surface area (Å²) in [5, 5.41) is 3.12. The first kappa shape index (κ1) is 30.9. The minimum absolute atomic E-state index is 0.0522. The Bertz CT molecular complexity index is 1380. The lowest BCUT2D eigenvalue weighted by atomic mass is 9.93. The number of benzene rings is 3. The van der Waals surface area contributed by atoms with Gasteiger partial charge in [0, 0.05) is 25.9 Å². The summed E-state index contributed by atoms with van der Waals surface area (Å²) in [5.74, 6) is -0.0283. The van der Waals surface area contributed by atoms with Gasteiger partial charge in [-0.2, -0.15) is 8.42 Å². The van der Waals surface area contributed by atoms with Crippen molar-refractivity contribution in [1.82, 2.24) is 4.90 Å². The van der Waals surface area contributed by atoms with E-state index in [-0.39, 0.29) is 40.8 Å². The van der Waals surface area contributed by atoms with Crippen molar-refractivity contribution in [3.8, 4) is 11.5 Å². The highest BCUT2D eigenvalue weighted by atomic mass is 32.2. The number of methoxy groups -OCH3 is 2. The number of amides is 2. The molecule has 3 aromatic carbocycles. The monoisotopic (exact) mass is 572 g/mol. The Morgan fingerprint density at radius 2 is 1.55 bits per heavy atom. The summed E-state index contributed by atoms with van der Waals surface area (Å²) in [4.78, 5) is 15.0. The third-order valence-electron chi connectivity index (χ3n) is 6.36. The van der Waals surface area contributed by atoms with Crippen molar-refractivity contribution in [1.29, 1.82) is 0 Å². The number of urea groups is 1. The summed E-state index contributed by atoms with van der Waals surface area (Å²) >= 11 is 0. The van der Waals surface area contributed by atoms with Crippen LogP contribution >= 0.6 is 0 Å². The summed E-state index contributed by atoms with van der Waals surface area (Å²) in [5.41, 5.74) is 3.48. The number of halogens is 1. The molecule has 0 fully saturated rings. The highest BCUT2D eigenvalue weighted by molar-refractivity contribution is 7.87. The average molecular weight is 573 g/mol. The first-order valence-corrected chi connectivity index (χ1v) is 14.4. The van der Waals surface area contributed by atoms with E-state index in [0.717, 1.165) is 41.1 Å². The number of hydrogen-bond donors (Lipinski definition) is 1. The number of anilines is 1. The van der Waals surface area contributed by atoms with Crippen molar-refractivity contribution < 1.29 is 31.3 Å². The molecule has 0 bridgehead atoms. The average Bonchev–Trinajstić information content (AvgIpc) is 2.91. The molecule has 0 radical (unpaired) electrons. The summed E-state index contributed by atoms with van der Waals surface area (Å²) < 4.78 is 54.9. The van der Waals surface area contributed by atoms with E-state index in [9.17, 15) is 17.6 Å². The highest BCUT2D eigenvalue weighted by Crippen LogP contribution is 2.34. The van der Waals surface area contributed by atoms with Crippen LogP contribution in [0.3, 0.4) is 0 Å². The molecule has 8 nitrogen and oxygen atoms in total. The van der Waals surface area contributed by atoms with Gasteiger partial charge in [-0.05, 0) is 64.9 Å². The van der Waals surface area contributed by atoms with E-state index in [0.29, 0.717) is 18.7 Å². The Kier molecular flexibility index (Phi) is 10.5. The van der Waals surface area contributed by atoms with Crippen molar-refractivity contribution in [2.45, 2.75) is 51.0 Å². The molecule has 0 aliphatic carbocycles. The second-order valence-electron chi connectivity index (χ2n) is 9.94. The van der Waals surface area contributed by atoms with Crippen LogP contribution in [0.2, 0.25) is 0 Å². The number of ether oxygens (including phenoxy) is 2. The molecule has 0 heterocycles. The Morgan fingerprint density at radius 1 is 0.925 bits per heavy atom. The van der Waals surface area contributed by atoms with Gasteiger partial charge in [0.05, 0.1) is 13.7 Å². The molecule has 40 heavy (non-hydrogen) atoms. The zero-order valence-electron chi connectivity index (χ0n) is 23.7. The lowest BCUT2D eigenvalue weighted by Crippen LogP contribution is -2.37. The first-order valence-electron chi connectivity index (χ1n) is 13.0. The quantitative estimate of drug-likeness (QED) is 0.248. The summed E-state index contributed by atoms with van der Waals surface area (Å²) in [6.07, 6.45) is 0. The zero-order chi connectivity index (χ0) is 29.4. The zero-order valence-corrected chi connectivity index (χ0v) is 24.5. The normalized spacial score (nSPS) is 11.5. The Morgan fingerprint density at radius 3 is 2.10 bits per heavy atom. The summed E-state index contributed by atoms with van der Waals surface area (Å²) in [6, 6.07) is 14.8. The molecule has 3 rings (SSSR count). The van der Waals surface area contributed by atoms with Crippen molar-refractivity contribution in [3.05, 3.63) is 83.2 Å². The van der Waals surface area contributed by atoms with Crippen LogP contribution in [0.15, 0.2) is 65.6 Å². The molecule has 0 aliphatic rings. The Labute approximate surface area is 236 Å². The van der Waals surface area contributed by atoms with E-state index in [1.54, 1.807) is 24.1 Å². The van der Waals surface area contributed by atoms with Gasteiger partial charge in [-0.15, -0.1) is 0 Å². The fraction of sp³-hybridized carbons (Fsp3) is 0.367. The van der Waals surface area contributed by atoms with Gasteiger partial charge in [0.15, 0.2) is 11.5 Å². The maximum absolute atomic E-state index is 13.6. The lowest BCUT2D eigenvalue weighted by molar-refractivity contribution is 0.152. The van der Waals surface area contributed by atoms with E-state index >= 15 is 0 Å². The van der Waals surface area contributed by atoms with Crippen LogP contribution in [-0.2, 0) is 21.4 Å². The SMILES string of the molecule is COCCN(Cc1ccc(OC)c(OS(=O)(=O)c2ccc(F)cc2)c1)C(=O)Nc1c(C(C)C)cccc1C(C)C. The third kappa shape index (κ3) is 7.73. The van der Waals surface area contributed by atoms with E-state index in [1.807, 2.05) is 18.2 Å². The summed E-state index contributed by atoms with van der Waals surface area (Å²) in [6.45, 7) is 9.06. The second kappa shape index (κ2) is 13.6. The van der Waals surface area contributed by atoms with E-state index < -0.39 is 15.9 Å². The van der Waals surface area contributed by atoms with Crippen LogP contribution in [0.1, 0.15) is 56.2 Å². The molecule has 0 saturated carbocycles. The van der Waals surface area contributed by atoms with Gasteiger partial charge in [0.2, 0.25) is 0 Å². The fourth-order valence-corrected chi connectivity index (χ4v) is 5.14. The number of nitrogens with zero attached hydrogens (tertiary/aromatic N) is 1. The molecule has 216 valence electrons. The second-order valence-corrected chi connectivity index (χ2v) is 11.5. The number of para-hydroxylation sites is 1. The molecular formula is C30H37FN2O6S. The molecule has 2 amide bonds. The van der Waals surface area contributed by atoms with Crippen LogP contribution in [-0.4, -0.2) is 46.7 Å². The predicted molar refractivity (Wildman–Crippen MR) is 153 cm³/mol. The smallest absolute Gasteiger partial charge is 0.339 e. The van der Waals surface area contributed by atoms with Crippen LogP contribution < -0.4 is 14.2 Å². The predicted octanol–water partition coefficient (Wildman–Crippen LogP) is 6.53. The minimum atomic E-state index is -4.26. The molecule has 0 saturated heterocycles. The molecule has 3 aromatic rings. The van der Waals surface area contributed by atoms with Gasteiger partial charge in [0.1, 0.15) is 10.7 Å². The van der Waals surface area contributed by atoms with Crippen molar-refractivity contribution >= 4 is 21.8 Å². The number of carbonyl (C=O) groups excluding carboxylic acids is 1. The maximum Gasteiger partial charge on any atom is 0.339 e. The third-order valence-corrected chi connectivity index (χ3v) is 7.61. The van der Waals surface area contributed by atoms with Crippen molar-refractivity contribution in [3.63, 3.8) is 0 Å². The van der Waals surface area contributed by atoms with Gasteiger partial charge in [-0.25, -0.2) is 9.18 Å². The van der Waals surface area contributed by atoms with Gasteiger partial charge >= 0.3 is 16.1 Å². The van der Waals surface area contributed by atoms with Gasteiger partial charge in [0.25, 0.3) is 0 Å². The molecule has 0 aliphatic heterocycles. The Hall–Kier alpha value is -3.63. The summed E-state index contributed by atoms with van der Waals surface area (Å²) in [7, 11) is -1.32. The van der Waals surface area contributed by atoms with Gasteiger partial charge < -0.3 is 23.9 Å². The molecule has 0 atom stereocenters. The number of nitrogens with one attached hydrogen (secondary N) is 1. The van der Waals surface area contributed by atoms with E-state index in [1.165, 1.54) is 13.2 Å². The van der Waals surface area contributed by atoms with Crippen LogP contribution in [0.4, 0.5) is 14.9 Å². The molecule has 1 N–H and O–H groups in total. The van der Waals surface area contributed by atoms with Gasteiger partial charge in [-0.3, -0.25) is 0 Å². The Balaban J connectivity index is 1.91. The molecule has 10 heteroatoms. The van der Waals surface area contributed by atoms with Crippen molar-refractivity contribution in [2.75, 3.05) is 32.7 Å². The molecular weight excluding hydrogens is 535 g/mol. The molecule has 0 spiro atoms. The minimum Gasteiger partial charge on any atom is -0.493 e.